The predicted octanol–water partition coefficient (Wildman–Crippen LogP) is 1.31. The molecule has 1 atom stereocenters. The SMILES string of the molecule is CCC(CO)NC(=O)CC(C)(C)C. The van der Waals surface area contributed by atoms with E-state index in [4.69, 9.17) is 5.11 Å². The first-order valence-corrected chi connectivity index (χ1v) is 4.79. The number of rotatable bonds is 4. The molecule has 0 aromatic carbocycles. The Kier molecular flexibility index (Phi) is 4.99. The molecule has 0 aliphatic carbocycles. The van der Waals surface area contributed by atoms with Gasteiger partial charge in [0, 0.05) is 6.42 Å². The molecule has 0 heterocycles. The third-order valence-corrected chi connectivity index (χ3v) is 1.77. The second-order valence-corrected chi connectivity index (χ2v) is 4.59. The summed E-state index contributed by atoms with van der Waals surface area (Å²) in [6.07, 6.45) is 1.27. The lowest BCUT2D eigenvalue weighted by molar-refractivity contribution is -0.123. The number of carbonyl (C=O) groups excluding carboxylic acids is 1. The average molecular weight is 187 g/mol. The van der Waals surface area contributed by atoms with E-state index >= 15 is 0 Å². The third-order valence-electron chi connectivity index (χ3n) is 1.77. The van der Waals surface area contributed by atoms with Gasteiger partial charge in [0.2, 0.25) is 5.91 Å². The molecular formula is C10H21NO2. The number of amides is 1. The number of aliphatic hydroxyl groups is 1. The molecule has 0 saturated carbocycles. The van der Waals surface area contributed by atoms with E-state index in [0.29, 0.717) is 6.42 Å². The number of nitrogens with one attached hydrogen (secondary N) is 1. The summed E-state index contributed by atoms with van der Waals surface area (Å²) in [5.74, 6) is 0.0217. The van der Waals surface area contributed by atoms with Crippen molar-refractivity contribution in [2.75, 3.05) is 6.61 Å². The van der Waals surface area contributed by atoms with Crippen molar-refractivity contribution in [3.8, 4) is 0 Å². The van der Waals surface area contributed by atoms with Gasteiger partial charge in [-0.1, -0.05) is 27.7 Å². The van der Waals surface area contributed by atoms with E-state index in [1.807, 2.05) is 27.7 Å². The van der Waals surface area contributed by atoms with Gasteiger partial charge in [-0.3, -0.25) is 4.79 Å². The normalized spacial score (nSPS) is 13.9. The Bertz CT molecular complexity index is 157. The fourth-order valence-electron chi connectivity index (χ4n) is 1.04. The summed E-state index contributed by atoms with van der Waals surface area (Å²) in [6, 6.07) is -0.0881. The van der Waals surface area contributed by atoms with Crippen molar-refractivity contribution in [1.82, 2.24) is 5.32 Å². The quantitative estimate of drug-likeness (QED) is 0.697. The fraction of sp³-hybridized carbons (Fsp3) is 0.900. The van der Waals surface area contributed by atoms with Crippen LogP contribution in [0.25, 0.3) is 0 Å². The molecule has 0 spiro atoms. The van der Waals surface area contributed by atoms with Crippen molar-refractivity contribution >= 4 is 5.91 Å². The third kappa shape index (κ3) is 6.58. The van der Waals surface area contributed by atoms with Crippen LogP contribution in [-0.2, 0) is 4.79 Å². The minimum atomic E-state index is -0.0881. The van der Waals surface area contributed by atoms with Crippen molar-refractivity contribution in [2.24, 2.45) is 5.41 Å². The molecule has 1 amide bonds. The van der Waals surface area contributed by atoms with Crippen LogP contribution in [0.4, 0.5) is 0 Å². The van der Waals surface area contributed by atoms with Gasteiger partial charge in [-0.15, -0.1) is 0 Å². The molecule has 0 bridgehead atoms. The van der Waals surface area contributed by atoms with Crippen molar-refractivity contribution in [1.29, 1.82) is 0 Å². The van der Waals surface area contributed by atoms with E-state index < -0.39 is 0 Å². The zero-order valence-electron chi connectivity index (χ0n) is 9.05. The van der Waals surface area contributed by atoms with Gasteiger partial charge in [0.15, 0.2) is 0 Å². The van der Waals surface area contributed by atoms with E-state index in [-0.39, 0.29) is 24.0 Å². The Morgan fingerprint density at radius 1 is 1.46 bits per heavy atom. The summed E-state index contributed by atoms with van der Waals surface area (Å²) in [7, 11) is 0. The second kappa shape index (κ2) is 5.22. The van der Waals surface area contributed by atoms with Gasteiger partial charge in [0.1, 0.15) is 0 Å². The Morgan fingerprint density at radius 3 is 2.31 bits per heavy atom. The van der Waals surface area contributed by atoms with Gasteiger partial charge in [-0.25, -0.2) is 0 Å². The van der Waals surface area contributed by atoms with Gasteiger partial charge in [-0.05, 0) is 11.8 Å². The standard InChI is InChI=1S/C10H21NO2/c1-5-8(7-12)11-9(13)6-10(2,3)4/h8,12H,5-7H2,1-4H3,(H,11,13). The summed E-state index contributed by atoms with van der Waals surface area (Å²) in [5.41, 5.74) is 0.0117. The Hall–Kier alpha value is -0.570. The second-order valence-electron chi connectivity index (χ2n) is 4.59. The Morgan fingerprint density at radius 2 is 2.00 bits per heavy atom. The molecule has 3 nitrogen and oxygen atoms in total. The monoisotopic (exact) mass is 187 g/mol. The fourth-order valence-corrected chi connectivity index (χ4v) is 1.04. The van der Waals surface area contributed by atoms with Gasteiger partial charge >= 0.3 is 0 Å². The highest BCUT2D eigenvalue weighted by Gasteiger charge is 2.17. The summed E-state index contributed by atoms with van der Waals surface area (Å²) >= 11 is 0. The number of carbonyl (C=O) groups is 1. The molecule has 0 aliphatic heterocycles. The van der Waals surface area contributed by atoms with Crippen molar-refractivity contribution in [3.05, 3.63) is 0 Å². The first-order chi connectivity index (χ1) is 5.89. The highest BCUT2D eigenvalue weighted by Crippen LogP contribution is 2.17. The summed E-state index contributed by atoms with van der Waals surface area (Å²) in [5, 5.41) is 11.6. The summed E-state index contributed by atoms with van der Waals surface area (Å²) in [6.45, 7) is 8.02. The zero-order chi connectivity index (χ0) is 10.5. The molecule has 0 aromatic rings. The van der Waals surface area contributed by atoms with E-state index in [9.17, 15) is 4.79 Å². The molecule has 3 heteroatoms. The topological polar surface area (TPSA) is 49.3 Å². The maximum Gasteiger partial charge on any atom is 0.220 e. The van der Waals surface area contributed by atoms with Gasteiger partial charge in [0.25, 0.3) is 0 Å². The van der Waals surface area contributed by atoms with Crippen LogP contribution in [0.2, 0.25) is 0 Å². The molecular weight excluding hydrogens is 166 g/mol. The number of aliphatic hydroxyl groups excluding tert-OH is 1. The maximum absolute atomic E-state index is 11.4. The molecule has 0 rings (SSSR count). The van der Waals surface area contributed by atoms with Crippen LogP contribution in [0.1, 0.15) is 40.5 Å². The molecule has 1 unspecified atom stereocenters. The van der Waals surface area contributed by atoms with E-state index in [2.05, 4.69) is 5.32 Å². The summed E-state index contributed by atoms with van der Waals surface area (Å²) in [4.78, 5) is 11.4. The molecule has 78 valence electrons. The molecule has 2 N–H and O–H groups in total. The minimum Gasteiger partial charge on any atom is -0.394 e. The molecule has 0 fully saturated rings. The highest BCUT2D eigenvalue weighted by atomic mass is 16.3. The molecule has 0 aliphatic rings. The molecule has 0 aromatic heterocycles. The highest BCUT2D eigenvalue weighted by molar-refractivity contribution is 5.76. The van der Waals surface area contributed by atoms with Crippen molar-refractivity contribution in [2.45, 2.75) is 46.6 Å². The molecule has 0 radical (unpaired) electrons. The van der Waals surface area contributed by atoms with Crippen molar-refractivity contribution in [3.63, 3.8) is 0 Å². The van der Waals surface area contributed by atoms with Crippen LogP contribution in [-0.4, -0.2) is 23.7 Å². The van der Waals surface area contributed by atoms with Crippen LogP contribution < -0.4 is 5.32 Å². The van der Waals surface area contributed by atoms with Gasteiger partial charge in [-0.2, -0.15) is 0 Å². The van der Waals surface area contributed by atoms with Crippen LogP contribution in [0, 0.1) is 5.41 Å². The predicted molar refractivity (Wildman–Crippen MR) is 53.4 cm³/mol. The van der Waals surface area contributed by atoms with E-state index in [0.717, 1.165) is 6.42 Å². The zero-order valence-corrected chi connectivity index (χ0v) is 9.05. The van der Waals surface area contributed by atoms with Crippen molar-refractivity contribution < 1.29 is 9.90 Å². The Labute approximate surface area is 80.5 Å². The average Bonchev–Trinajstić information content (AvgIpc) is 1.96. The van der Waals surface area contributed by atoms with Crippen LogP contribution in [0.15, 0.2) is 0 Å². The lowest BCUT2D eigenvalue weighted by atomic mass is 9.92. The van der Waals surface area contributed by atoms with Crippen LogP contribution in [0.3, 0.4) is 0 Å². The lowest BCUT2D eigenvalue weighted by Crippen LogP contribution is -2.38. The minimum absolute atomic E-state index is 0.0117. The van der Waals surface area contributed by atoms with Gasteiger partial charge < -0.3 is 10.4 Å². The molecule has 0 saturated heterocycles. The molecule has 13 heavy (non-hydrogen) atoms. The van der Waals surface area contributed by atoms with Crippen LogP contribution >= 0.6 is 0 Å². The lowest BCUT2D eigenvalue weighted by Gasteiger charge is -2.20. The smallest absolute Gasteiger partial charge is 0.220 e. The number of hydrogen-bond donors (Lipinski definition) is 2. The first kappa shape index (κ1) is 12.4. The van der Waals surface area contributed by atoms with E-state index in [1.54, 1.807) is 0 Å². The maximum atomic E-state index is 11.4. The van der Waals surface area contributed by atoms with E-state index in [1.165, 1.54) is 0 Å². The Balaban J connectivity index is 3.86. The number of hydrogen-bond acceptors (Lipinski definition) is 2. The first-order valence-electron chi connectivity index (χ1n) is 4.79. The van der Waals surface area contributed by atoms with Gasteiger partial charge in [0.05, 0.1) is 12.6 Å². The largest absolute Gasteiger partial charge is 0.394 e. The van der Waals surface area contributed by atoms with Crippen LogP contribution in [0.5, 0.6) is 0 Å². The summed E-state index contributed by atoms with van der Waals surface area (Å²) < 4.78 is 0.